The van der Waals surface area contributed by atoms with Gasteiger partial charge < -0.3 is 10.2 Å². The van der Waals surface area contributed by atoms with Crippen molar-refractivity contribution in [3.63, 3.8) is 0 Å². The van der Waals surface area contributed by atoms with Gasteiger partial charge in [-0.15, -0.1) is 6.58 Å². The summed E-state index contributed by atoms with van der Waals surface area (Å²) in [4.78, 5) is 21.2. The number of fused-ring (bicyclic) bond motifs is 1. The maximum Gasteiger partial charge on any atom is 0.335 e. The average molecular weight is 403 g/mol. The van der Waals surface area contributed by atoms with E-state index in [1.807, 2.05) is 30.3 Å². The molecule has 6 nitrogen and oxygen atoms in total. The minimum Gasteiger partial charge on any atom is -0.493 e. The summed E-state index contributed by atoms with van der Waals surface area (Å²) in [5.74, 6) is -0.888. The molecule has 1 aliphatic heterocycles. The Kier molecular flexibility index (Phi) is 4.97. The quantitative estimate of drug-likeness (QED) is 0.609. The van der Waals surface area contributed by atoms with Crippen molar-refractivity contribution >= 4 is 46.5 Å². The first kappa shape index (κ1) is 18.6. The number of allylic oxidation sites excluding steroid dienone is 2. The van der Waals surface area contributed by atoms with Crippen molar-refractivity contribution in [1.82, 2.24) is 4.57 Å². The summed E-state index contributed by atoms with van der Waals surface area (Å²) >= 11 is 1.34. The fourth-order valence-electron chi connectivity index (χ4n) is 2.98. The molecule has 0 saturated heterocycles. The number of thiazole rings is 1. The van der Waals surface area contributed by atoms with Crippen molar-refractivity contribution in [2.75, 3.05) is 0 Å². The van der Waals surface area contributed by atoms with Crippen molar-refractivity contribution in [3.05, 3.63) is 82.0 Å². The van der Waals surface area contributed by atoms with Crippen LogP contribution in [0.4, 0.5) is 11.4 Å². The Morgan fingerprint density at radius 3 is 2.69 bits per heavy atom. The van der Waals surface area contributed by atoms with Gasteiger partial charge >= 0.3 is 5.97 Å². The normalized spacial score (nSPS) is 14.3. The molecule has 0 fully saturated rings. The molecule has 144 valence electrons. The topological polar surface area (TPSA) is 87.2 Å². The van der Waals surface area contributed by atoms with Crippen LogP contribution in [-0.2, 0) is 6.54 Å². The molecule has 0 saturated carbocycles. The van der Waals surface area contributed by atoms with Crippen molar-refractivity contribution in [2.24, 2.45) is 9.98 Å². The molecule has 4 rings (SSSR count). The first-order valence-corrected chi connectivity index (χ1v) is 9.65. The van der Waals surface area contributed by atoms with E-state index in [0.717, 1.165) is 16.8 Å². The fraction of sp³-hybridized carbons (Fsp3) is 0.0455. The van der Waals surface area contributed by atoms with Gasteiger partial charge in [0.15, 0.2) is 4.80 Å². The lowest BCUT2D eigenvalue weighted by Gasteiger charge is -2.01. The Balaban J connectivity index is 1.78. The number of aromatic hydroxyl groups is 1. The number of para-hydroxylation sites is 1. The van der Waals surface area contributed by atoms with Gasteiger partial charge in [0.2, 0.25) is 5.88 Å². The summed E-state index contributed by atoms with van der Waals surface area (Å²) in [6.45, 7) is 4.14. The van der Waals surface area contributed by atoms with Gasteiger partial charge in [0.1, 0.15) is 0 Å². The number of carboxylic acids is 1. The van der Waals surface area contributed by atoms with Gasteiger partial charge in [-0.2, -0.15) is 0 Å². The Hall–Kier alpha value is -3.71. The molecule has 0 aliphatic carbocycles. The number of aromatic carboxylic acids is 1. The van der Waals surface area contributed by atoms with E-state index < -0.39 is 5.97 Å². The third kappa shape index (κ3) is 3.68. The zero-order chi connectivity index (χ0) is 20.4. The molecule has 0 bridgehead atoms. The smallest absolute Gasteiger partial charge is 0.335 e. The molecule has 0 amide bonds. The lowest BCUT2D eigenvalue weighted by Crippen LogP contribution is -2.12. The van der Waals surface area contributed by atoms with E-state index >= 15 is 0 Å². The number of nitrogens with zero attached hydrogens (tertiary/aromatic N) is 3. The molecule has 0 spiro atoms. The third-order valence-corrected chi connectivity index (χ3v) is 5.42. The van der Waals surface area contributed by atoms with Gasteiger partial charge in [0.05, 0.1) is 21.8 Å². The Morgan fingerprint density at radius 1 is 1.21 bits per heavy atom. The standard InChI is InChI=1S/C22H17N3O3S/c1-2-11-25-20(26)19(12-15-13-23-18-6-4-3-5-17(15)18)29-22(25)24-16-9-7-14(8-10-16)21(27)28/h2-10,12-13,26H,1,11H2,(H,27,28)/b15-12+,24-22?. The summed E-state index contributed by atoms with van der Waals surface area (Å²) in [6, 6.07) is 14.1. The molecule has 0 radical (unpaired) electrons. The SMILES string of the molecule is C=CCn1c(O)c(/C=C2\C=Nc3ccccc32)sc1=Nc1ccc(C(=O)O)cc1. The highest BCUT2D eigenvalue weighted by molar-refractivity contribution is 7.10. The predicted octanol–water partition coefficient (Wildman–Crippen LogP) is 4.63. The zero-order valence-electron chi connectivity index (χ0n) is 15.3. The Labute approximate surface area is 170 Å². The van der Waals surface area contributed by atoms with E-state index in [1.165, 1.54) is 23.5 Å². The highest BCUT2D eigenvalue weighted by atomic mass is 32.1. The van der Waals surface area contributed by atoms with Crippen LogP contribution in [-0.4, -0.2) is 27.0 Å². The number of hydrogen-bond donors (Lipinski definition) is 2. The maximum atomic E-state index is 11.0. The van der Waals surface area contributed by atoms with Gasteiger partial charge in [-0.1, -0.05) is 35.6 Å². The average Bonchev–Trinajstić information content (AvgIpc) is 3.25. The number of carboxylic acid groups (broad SMARTS) is 1. The monoisotopic (exact) mass is 403 g/mol. The number of aromatic nitrogens is 1. The zero-order valence-corrected chi connectivity index (χ0v) is 16.1. The summed E-state index contributed by atoms with van der Waals surface area (Å²) in [5, 5.41) is 19.8. The third-order valence-electron chi connectivity index (χ3n) is 4.40. The first-order chi connectivity index (χ1) is 14.1. The predicted molar refractivity (Wildman–Crippen MR) is 115 cm³/mol. The number of rotatable bonds is 5. The number of hydrogen-bond acceptors (Lipinski definition) is 5. The van der Waals surface area contributed by atoms with Crippen LogP contribution in [0.2, 0.25) is 0 Å². The molecule has 0 atom stereocenters. The Morgan fingerprint density at radius 2 is 1.97 bits per heavy atom. The van der Waals surface area contributed by atoms with Crippen molar-refractivity contribution < 1.29 is 15.0 Å². The van der Waals surface area contributed by atoms with E-state index in [0.29, 0.717) is 21.9 Å². The maximum absolute atomic E-state index is 11.0. The van der Waals surface area contributed by atoms with Crippen LogP contribution >= 0.6 is 11.3 Å². The molecule has 7 heteroatoms. The van der Waals surface area contributed by atoms with E-state index in [4.69, 9.17) is 5.11 Å². The van der Waals surface area contributed by atoms with Crippen molar-refractivity contribution in [3.8, 4) is 5.88 Å². The molecule has 3 aromatic rings. The summed E-state index contributed by atoms with van der Waals surface area (Å²) in [6.07, 6.45) is 5.35. The van der Waals surface area contributed by atoms with Crippen LogP contribution in [0.15, 0.2) is 71.2 Å². The molecule has 2 N–H and O–H groups in total. The summed E-state index contributed by atoms with van der Waals surface area (Å²) in [5.41, 5.74) is 3.62. The largest absolute Gasteiger partial charge is 0.493 e. The molecule has 2 heterocycles. The van der Waals surface area contributed by atoms with E-state index in [9.17, 15) is 9.90 Å². The molecule has 1 aromatic heterocycles. The Bertz CT molecular complexity index is 1230. The minimum absolute atomic E-state index is 0.0982. The second-order valence-electron chi connectivity index (χ2n) is 6.31. The number of benzene rings is 2. The molecule has 1 aliphatic rings. The van der Waals surface area contributed by atoms with Crippen LogP contribution in [0, 0.1) is 0 Å². The van der Waals surface area contributed by atoms with Crippen LogP contribution in [0.25, 0.3) is 11.6 Å². The molecule has 0 unspecified atom stereocenters. The molecular weight excluding hydrogens is 386 g/mol. The van der Waals surface area contributed by atoms with Gasteiger partial charge in [0, 0.05) is 23.9 Å². The lowest BCUT2D eigenvalue weighted by atomic mass is 10.1. The number of aliphatic imine (C=N–C) groups is 1. The highest BCUT2D eigenvalue weighted by Gasteiger charge is 2.15. The van der Waals surface area contributed by atoms with Gasteiger partial charge in [-0.05, 0) is 36.4 Å². The van der Waals surface area contributed by atoms with E-state index in [2.05, 4.69) is 16.6 Å². The second-order valence-corrected chi connectivity index (χ2v) is 7.32. The van der Waals surface area contributed by atoms with Gasteiger partial charge in [0.25, 0.3) is 0 Å². The lowest BCUT2D eigenvalue weighted by molar-refractivity contribution is 0.0697. The van der Waals surface area contributed by atoms with E-state index in [1.54, 1.807) is 29.0 Å². The molecular formula is C22H17N3O3S. The minimum atomic E-state index is -0.987. The first-order valence-electron chi connectivity index (χ1n) is 8.83. The van der Waals surface area contributed by atoms with Crippen LogP contribution in [0.1, 0.15) is 20.8 Å². The highest BCUT2D eigenvalue weighted by Crippen LogP contribution is 2.34. The van der Waals surface area contributed by atoms with Crippen molar-refractivity contribution in [2.45, 2.75) is 6.54 Å². The summed E-state index contributed by atoms with van der Waals surface area (Å²) < 4.78 is 1.66. The van der Waals surface area contributed by atoms with Crippen molar-refractivity contribution in [1.29, 1.82) is 0 Å². The number of carbonyl (C=O) groups is 1. The van der Waals surface area contributed by atoms with Crippen LogP contribution in [0.3, 0.4) is 0 Å². The van der Waals surface area contributed by atoms with Crippen LogP contribution < -0.4 is 4.80 Å². The van der Waals surface area contributed by atoms with Crippen LogP contribution in [0.5, 0.6) is 5.88 Å². The molecule has 2 aromatic carbocycles. The van der Waals surface area contributed by atoms with E-state index in [-0.39, 0.29) is 11.4 Å². The second kappa shape index (κ2) is 7.73. The molecule has 29 heavy (non-hydrogen) atoms. The van der Waals surface area contributed by atoms with Gasteiger partial charge in [-0.3, -0.25) is 9.56 Å². The fourth-order valence-corrected chi connectivity index (χ4v) is 3.98. The summed E-state index contributed by atoms with van der Waals surface area (Å²) in [7, 11) is 0. The van der Waals surface area contributed by atoms with Gasteiger partial charge in [-0.25, -0.2) is 9.79 Å².